The van der Waals surface area contributed by atoms with E-state index < -0.39 is 3.79 Å². The minimum absolute atomic E-state index is 0.147. The van der Waals surface area contributed by atoms with Gasteiger partial charge in [-0.2, -0.15) is 0 Å². The van der Waals surface area contributed by atoms with Crippen molar-refractivity contribution < 1.29 is 4.79 Å². The number of carbonyl (C=O) groups excluding carboxylic acids is 1. The quantitative estimate of drug-likeness (QED) is 0.721. The number of amides is 1. The van der Waals surface area contributed by atoms with Crippen molar-refractivity contribution in [1.82, 2.24) is 5.32 Å². The molecule has 0 aromatic carbocycles. The van der Waals surface area contributed by atoms with Crippen LogP contribution in [0.25, 0.3) is 0 Å². The first-order valence-corrected chi connectivity index (χ1v) is 4.22. The summed E-state index contributed by atoms with van der Waals surface area (Å²) in [6.45, 7) is 3.80. The van der Waals surface area contributed by atoms with E-state index in [9.17, 15) is 4.79 Å². The maximum absolute atomic E-state index is 10.8. The van der Waals surface area contributed by atoms with Crippen LogP contribution in [0.4, 0.5) is 0 Å². The highest BCUT2D eigenvalue weighted by atomic mass is 35.6. The molecular formula is C6H9Cl3NO. The maximum atomic E-state index is 10.8. The maximum Gasteiger partial charge on any atom is 0.220 e. The number of rotatable bonds is 3. The lowest BCUT2D eigenvalue weighted by atomic mass is 10.3. The van der Waals surface area contributed by atoms with E-state index in [2.05, 4.69) is 12.2 Å². The molecule has 0 fully saturated rings. The van der Waals surface area contributed by atoms with Crippen LogP contribution in [-0.2, 0) is 4.79 Å². The van der Waals surface area contributed by atoms with Crippen molar-refractivity contribution in [3.8, 4) is 0 Å². The van der Waals surface area contributed by atoms with Gasteiger partial charge in [-0.15, -0.1) is 0 Å². The van der Waals surface area contributed by atoms with Gasteiger partial charge in [-0.3, -0.25) is 4.79 Å². The van der Waals surface area contributed by atoms with Crippen molar-refractivity contribution >= 4 is 40.7 Å². The van der Waals surface area contributed by atoms with Crippen LogP contribution < -0.4 is 5.32 Å². The van der Waals surface area contributed by atoms with Gasteiger partial charge in [0.2, 0.25) is 5.91 Å². The van der Waals surface area contributed by atoms with Crippen LogP contribution in [0.15, 0.2) is 0 Å². The molecule has 1 radical (unpaired) electrons. The first-order valence-electron chi connectivity index (χ1n) is 3.08. The molecule has 0 aliphatic carbocycles. The number of hydrogen-bond acceptors (Lipinski definition) is 1. The van der Waals surface area contributed by atoms with E-state index in [1.807, 2.05) is 0 Å². The topological polar surface area (TPSA) is 29.1 Å². The second-order valence-electron chi connectivity index (χ2n) is 1.97. The van der Waals surface area contributed by atoms with Crippen LogP contribution in [0.5, 0.6) is 0 Å². The summed E-state index contributed by atoms with van der Waals surface area (Å²) in [5, 5.41) is 2.49. The van der Waals surface area contributed by atoms with Gasteiger partial charge in [-0.25, -0.2) is 0 Å². The van der Waals surface area contributed by atoms with Crippen LogP contribution in [0.2, 0.25) is 0 Å². The molecule has 0 aliphatic rings. The molecule has 65 valence electrons. The first kappa shape index (κ1) is 11.3. The first-order chi connectivity index (χ1) is 4.95. The Bertz CT molecular complexity index is 132. The summed E-state index contributed by atoms with van der Waals surface area (Å²) in [6, 6.07) is 0. The van der Waals surface area contributed by atoms with Gasteiger partial charge in [0.15, 0.2) is 3.79 Å². The zero-order chi connectivity index (χ0) is 8.91. The number of hydrogen-bond donors (Lipinski definition) is 1. The number of halogens is 3. The lowest BCUT2D eigenvalue weighted by Crippen LogP contribution is -2.23. The Labute approximate surface area is 81.2 Å². The van der Waals surface area contributed by atoms with Gasteiger partial charge >= 0.3 is 0 Å². The summed E-state index contributed by atoms with van der Waals surface area (Å²) in [5.41, 5.74) is 0. The summed E-state index contributed by atoms with van der Waals surface area (Å²) in [7, 11) is 0. The summed E-state index contributed by atoms with van der Waals surface area (Å²) >= 11 is 16.2. The van der Waals surface area contributed by atoms with E-state index in [1.165, 1.54) is 0 Å². The predicted molar refractivity (Wildman–Crippen MR) is 47.9 cm³/mol. The van der Waals surface area contributed by atoms with Crippen molar-refractivity contribution in [2.24, 2.45) is 0 Å². The molecule has 0 rings (SSSR count). The Balaban J connectivity index is 3.46. The molecule has 0 spiro atoms. The summed E-state index contributed by atoms with van der Waals surface area (Å²) in [5.74, 6) is -0.147. The normalized spacial score (nSPS) is 11.3. The van der Waals surface area contributed by atoms with E-state index in [0.717, 1.165) is 0 Å². The average Bonchev–Trinajstić information content (AvgIpc) is 1.83. The molecule has 2 nitrogen and oxygen atoms in total. The van der Waals surface area contributed by atoms with E-state index in [0.29, 0.717) is 6.54 Å². The highest BCUT2D eigenvalue weighted by molar-refractivity contribution is 6.67. The third-order valence-corrected chi connectivity index (χ3v) is 1.52. The third kappa shape index (κ3) is 8.24. The zero-order valence-corrected chi connectivity index (χ0v) is 8.14. The molecule has 0 saturated heterocycles. The largest absolute Gasteiger partial charge is 0.356 e. The molecule has 1 N–H and O–H groups in total. The van der Waals surface area contributed by atoms with Crippen molar-refractivity contribution in [2.45, 2.75) is 16.6 Å². The van der Waals surface area contributed by atoms with Crippen LogP contribution in [0, 0.1) is 6.92 Å². The summed E-state index contributed by atoms with van der Waals surface area (Å²) in [6.07, 6.45) is 0.440. The van der Waals surface area contributed by atoms with Crippen LogP contribution in [0.3, 0.4) is 0 Å². The summed E-state index contributed by atoms with van der Waals surface area (Å²) < 4.78 is -1.33. The summed E-state index contributed by atoms with van der Waals surface area (Å²) in [4.78, 5) is 10.8. The van der Waals surface area contributed by atoms with E-state index >= 15 is 0 Å². The molecule has 1 amide bonds. The fourth-order valence-electron chi connectivity index (χ4n) is 0.483. The van der Waals surface area contributed by atoms with E-state index in [1.54, 1.807) is 0 Å². The Morgan fingerprint density at radius 3 is 2.36 bits per heavy atom. The molecule has 11 heavy (non-hydrogen) atoms. The van der Waals surface area contributed by atoms with Crippen molar-refractivity contribution in [3.05, 3.63) is 6.92 Å². The third-order valence-electron chi connectivity index (χ3n) is 0.958. The van der Waals surface area contributed by atoms with Crippen LogP contribution in [0.1, 0.15) is 12.8 Å². The monoisotopic (exact) mass is 216 g/mol. The molecule has 0 saturated carbocycles. The Morgan fingerprint density at radius 1 is 1.45 bits per heavy atom. The van der Waals surface area contributed by atoms with Gasteiger partial charge in [-0.1, -0.05) is 34.8 Å². The lowest BCUT2D eigenvalue weighted by Gasteiger charge is -2.09. The van der Waals surface area contributed by atoms with Crippen molar-refractivity contribution in [1.29, 1.82) is 0 Å². The van der Waals surface area contributed by atoms with Gasteiger partial charge in [-0.05, 0) is 6.92 Å². The lowest BCUT2D eigenvalue weighted by molar-refractivity contribution is -0.120. The van der Waals surface area contributed by atoms with E-state index in [-0.39, 0.29) is 18.7 Å². The van der Waals surface area contributed by atoms with Crippen molar-refractivity contribution in [2.75, 3.05) is 6.54 Å². The van der Waals surface area contributed by atoms with Crippen molar-refractivity contribution in [3.63, 3.8) is 0 Å². The number of alkyl halides is 3. The Morgan fingerprint density at radius 2 is 2.00 bits per heavy atom. The highest BCUT2D eigenvalue weighted by Crippen LogP contribution is 2.30. The average molecular weight is 218 g/mol. The van der Waals surface area contributed by atoms with Crippen LogP contribution in [-0.4, -0.2) is 16.2 Å². The van der Waals surface area contributed by atoms with Gasteiger partial charge in [0.1, 0.15) is 0 Å². The fraction of sp³-hybridized carbons (Fsp3) is 0.667. The predicted octanol–water partition coefficient (Wildman–Crippen LogP) is 2.09. The molecule has 5 heteroatoms. The minimum atomic E-state index is -1.33. The molecular weight excluding hydrogens is 208 g/mol. The molecule has 0 atom stereocenters. The second-order valence-corrected chi connectivity index (χ2v) is 4.48. The molecule has 0 bridgehead atoms. The Hall–Kier alpha value is 0.340. The molecule has 0 aromatic rings. The van der Waals surface area contributed by atoms with Gasteiger partial charge in [0.05, 0.1) is 0 Å². The van der Waals surface area contributed by atoms with Gasteiger partial charge in [0.25, 0.3) is 0 Å². The molecule has 0 aliphatic heterocycles. The molecule has 0 heterocycles. The molecule has 0 aromatic heterocycles. The van der Waals surface area contributed by atoms with Gasteiger partial charge < -0.3 is 5.32 Å². The number of carbonyl (C=O) groups is 1. The minimum Gasteiger partial charge on any atom is -0.356 e. The highest BCUT2D eigenvalue weighted by Gasteiger charge is 2.20. The smallest absolute Gasteiger partial charge is 0.220 e. The second kappa shape index (κ2) is 5.07. The zero-order valence-electron chi connectivity index (χ0n) is 5.87. The fourth-order valence-corrected chi connectivity index (χ4v) is 0.767. The standard InChI is InChI=1S/C6H9Cl3NO/c1-2-10-5(11)3-4-6(7,8)9/h1-4H2,(H,10,11). The molecule has 0 unspecified atom stereocenters. The Kier molecular flexibility index (Phi) is 5.23. The number of nitrogens with one attached hydrogen (secondary N) is 1. The SMILES string of the molecule is [CH2]CNC(=O)CCC(Cl)(Cl)Cl. The van der Waals surface area contributed by atoms with Gasteiger partial charge in [0, 0.05) is 19.4 Å². The van der Waals surface area contributed by atoms with E-state index in [4.69, 9.17) is 34.8 Å². The van der Waals surface area contributed by atoms with Crippen LogP contribution >= 0.6 is 34.8 Å².